The fourth-order valence-corrected chi connectivity index (χ4v) is 6.89. The maximum atomic E-state index is 13.5. The number of sulfonamides is 1. The minimum absolute atomic E-state index is 0.274. The van der Waals surface area contributed by atoms with Gasteiger partial charge < -0.3 is 4.52 Å². The first kappa shape index (κ1) is 20.2. The van der Waals surface area contributed by atoms with Crippen molar-refractivity contribution in [1.82, 2.24) is 10.1 Å². The zero-order chi connectivity index (χ0) is 21.6. The molecule has 6 nitrogen and oxygen atoms in total. The van der Waals surface area contributed by atoms with Crippen molar-refractivity contribution < 1.29 is 12.9 Å². The number of hydrogen-bond donors (Lipinski definition) is 0. The molecule has 0 saturated carbocycles. The number of aromatic nitrogens is 2. The van der Waals surface area contributed by atoms with E-state index in [0.717, 1.165) is 29.7 Å². The van der Waals surface area contributed by atoms with Gasteiger partial charge in [-0.1, -0.05) is 35.0 Å². The Hall–Kier alpha value is -2.68. The lowest BCUT2D eigenvalue weighted by Crippen LogP contribution is -2.35. The van der Waals surface area contributed by atoms with Gasteiger partial charge in [-0.2, -0.15) is 4.98 Å². The minimum Gasteiger partial charge on any atom is -0.333 e. The number of anilines is 1. The van der Waals surface area contributed by atoms with Crippen LogP contribution >= 0.6 is 22.9 Å². The van der Waals surface area contributed by atoms with Crippen LogP contribution < -0.4 is 4.31 Å². The maximum Gasteiger partial charge on any atom is 0.268 e. The summed E-state index contributed by atoms with van der Waals surface area (Å²) in [6.45, 7) is 2.26. The number of thiophene rings is 1. The molecule has 31 heavy (non-hydrogen) atoms. The number of aryl methyl sites for hydroxylation is 2. The molecule has 0 fully saturated rings. The summed E-state index contributed by atoms with van der Waals surface area (Å²) in [5.74, 6) is 0.714. The minimum atomic E-state index is -3.70. The molecule has 0 aliphatic carbocycles. The van der Waals surface area contributed by atoms with Crippen molar-refractivity contribution in [3.8, 4) is 22.2 Å². The van der Waals surface area contributed by atoms with E-state index in [4.69, 9.17) is 16.1 Å². The van der Waals surface area contributed by atoms with Gasteiger partial charge in [0, 0.05) is 22.0 Å². The summed E-state index contributed by atoms with van der Waals surface area (Å²) >= 11 is 7.26. The third kappa shape index (κ3) is 3.64. The Morgan fingerprint density at radius 3 is 2.71 bits per heavy atom. The number of rotatable bonds is 4. The Labute approximate surface area is 189 Å². The molecule has 0 radical (unpaired) electrons. The third-order valence-corrected chi connectivity index (χ3v) is 8.61. The second-order valence-electron chi connectivity index (χ2n) is 7.27. The summed E-state index contributed by atoms with van der Waals surface area (Å²) < 4.78 is 34.0. The van der Waals surface area contributed by atoms with Crippen LogP contribution in [0.2, 0.25) is 5.02 Å². The average molecular weight is 472 g/mol. The second-order valence-corrected chi connectivity index (χ2v) is 10.8. The van der Waals surface area contributed by atoms with Crippen LogP contribution in [0.5, 0.6) is 0 Å². The molecule has 1 aliphatic heterocycles. The van der Waals surface area contributed by atoms with E-state index in [1.54, 1.807) is 37.3 Å². The van der Waals surface area contributed by atoms with Crippen LogP contribution in [0.25, 0.3) is 22.2 Å². The number of halogens is 1. The van der Waals surface area contributed by atoms with Gasteiger partial charge in [-0.15, -0.1) is 11.3 Å². The smallest absolute Gasteiger partial charge is 0.268 e. The number of hydrogen-bond acceptors (Lipinski definition) is 6. The van der Waals surface area contributed by atoms with Crippen LogP contribution in [0.4, 0.5) is 5.69 Å². The Bertz CT molecular complexity index is 1360. The molecule has 0 atom stereocenters. The summed E-state index contributed by atoms with van der Waals surface area (Å²) in [6.07, 6.45) is 1.67. The standard InChI is InChI=1S/C22H18ClN3O3S2/c1-14-20(31(27,28)26-12-4-6-15-5-2-3-7-18(15)26)13-19(30-14)22-24-21(25-29-22)16-8-10-17(23)11-9-16/h2-3,5,7-11,13H,4,6,12H2,1H3. The van der Waals surface area contributed by atoms with Gasteiger partial charge in [0.05, 0.1) is 10.6 Å². The Balaban J connectivity index is 1.50. The van der Waals surface area contributed by atoms with Gasteiger partial charge in [-0.25, -0.2) is 8.42 Å². The van der Waals surface area contributed by atoms with Gasteiger partial charge >= 0.3 is 0 Å². The largest absolute Gasteiger partial charge is 0.333 e. The fraction of sp³-hybridized carbons (Fsp3) is 0.182. The van der Waals surface area contributed by atoms with E-state index in [-0.39, 0.29) is 4.90 Å². The highest BCUT2D eigenvalue weighted by molar-refractivity contribution is 7.93. The molecule has 2 aromatic carbocycles. The molecule has 0 amide bonds. The van der Waals surface area contributed by atoms with Gasteiger partial charge in [0.2, 0.25) is 5.82 Å². The Morgan fingerprint density at radius 1 is 1.13 bits per heavy atom. The van der Waals surface area contributed by atoms with E-state index in [2.05, 4.69) is 10.1 Å². The van der Waals surface area contributed by atoms with E-state index in [1.165, 1.54) is 15.6 Å². The zero-order valence-electron chi connectivity index (χ0n) is 16.6. The summed E-state index contributed by atoms with van der Waals surface area (Å²) in [4.78, 5) is 6.02. The highest BCUT2D eigenvalue weighted by Gasteiger charge is 2.32. The number of para-hydroxylation sites is 1. The van der Waals surface area contributed by atoms with Crippen molar-refractivity contribution in [2.24, 2.45) is 0 Å². The predicted molar refractivity (Wildman–Crippen MR) is 122 cm³/mol. The van der Waals surface area contributed by atoms with Crippen molar-refractivity contribution in [2.75, 3.05) is 10.8 Å². The van der Waals surface area contributed by atoms with Crippen LogP contribution in [0.3, 0.4) is 0 Å². The highest BCUT2D eigenvalue weighted by atomic mass is 35.5. The normalized spacial score (nSPS) is 13.9. The van der Waals surface area contributed by atoms with Crippen molar-refractivity contribution in [3.05, 3.63) is 70.1 Å². The third-order valence-electron chi connectivity index (χ3n) is 5.25. The Kier molecular flexibility index (Phi) is 5.08. The molecule has 0 bridgehead atoms. The van der Waals surface area contributed by atoms with Crippen molar-refractivity contribution in [2.45, 2.75) is 24.7 Å². The lowest BCUT2D eigenvalue weighted by atomic mass is 10.0. The molecule has 0 unspecified atom stereocenters. The monoisotopic (exact) mass is 471 g/mol. The fourth-order valence-electron chi connectivity index (χ4n) is 3.73. The molecular weight excluding hydrogens is 454 g/mol. The van der Waals surface area contributed by atoms with Crippen molar-refractivity contribution >= 4 is 38.6 Å². The van der Waals surface area contributed by atoms with Crippen LogP contribution in [0.15, 0.2) is 64.0 Å². The first-order chi connectivity index (χ1) is 14.9. The summed E-state index contributed by atoms with van der Waals surface area (Å²) in [7, 11) is -3.70. The van der Waals surface area contributed by atoms with Crippen LogP contribution in [0, 0.1) is 6.92 Å². The zero-order valence-corrected chi connectivity index (χ0v) is 19.0. The van der Waals surface area contributed by atoms with Crippen LogP contribution in [-0.4, -0.2) is 25.1 Å². The van der Waals surface area contributed by atoms with Gasteiger partial charge in [0.25, 0.3) is 15.9 Å². The van der Waals surface area contributed by atoms with Gasteiger partial charge in [-0.3, -0.25) is 4.31 Å². The van der Waals surface area contributed by atoms with E-state index in [9.17, 15) is 8.42 Å². The molecule has 0 saturated heterocycles. The predicted octanol–water partition coefficient (Wildman–Crippen LogP) is 5.57. The van der Waals surface area contributed by atoms with E-state index < -0.39 is 10.0 Å². The van der Waals surface area contributed by atoms with Gasteiger partial charge in [0.15, 0.2) is 0 Å². The summed E-state index contributed by atoms with van der Waals surface area (Å²) in [5, 5.41) is 4.65. The number of nitrogens with zero attached hydrogens (tertiary/aromatic N) is 3. The molecule has 9 heteroatoms. The lowest BCUT2D eigenvalue weighted by molar-refractivity contribution is 0.433. The highest BCUT2D eigenvalue weighted by Crippen LogP contribution is 2.38. The molecule has 3 heterocycles. The molecule has 0 spiro atoms. The van der Waals surface area contributed by atoms with Gasteiger partial charge in [0.1, 0.15) is 4.90 Å². The molecule has 1 aliphatic rings. The lowest BCUT2D eigenvalue weighted by Gasteiger charge is -2.30. The Morgan fingerprint density at radius 2 is 1.90 bits per heavy atom. The first-order valence-corrected chi connectivity index (χ1v) is 12.4. The van der Waals surface area contributed by atoms with Crippen molar-refractivity contribution in [1.29, 1.82) is 0 Å². The number of benzene rings is 2. The molecule has 158 valence electrons. The van der Waals surface area contributed by atoms with E-state index in [1.807, 2.05) is 24.3 Å². The first-order valence-electron chi connectivity index (χ1n) is 9.74. The molecule has 2 aromatic heterocycles. The quantitative estimate of drug-likeness (QED) is 0.389. The van der Waals surface area contributed by atoms with Crippen molar-refractivity contribution in [3.63, 3.8) is 0 Å². The van der Waals surface area contributed by atoms with E-state index in [0.29, 0.717) is 33.0 Å². The van der Waals surface area contributed by atoms with Crippen LogP contribution in [-0.2, 0) is 16.4 Å². The summed E-state index contributed by atoms with van der Waals surface area (Å²) in [6, 6.07) is 16.4. The second kappa shape index (κ2) is 7.78. The SMILES string of the molecule is Cc1sc(-c2nc(-c3ccc(Cl)cc3)no2)cc1S(=O)(=O)N1CCCc2ccccc21. The van der Waals surface area contributed by atoms with Gasteiger partial charge in [-0.05, 0) is 61.7 Å². The summed E-state index contributed by atoms with van der Waals surface area (Å²) in [5.41, 5.74) is 2.57. The molecule has 5 rings (SSSR count). The number of fused-ring (bicyclic) bond motifs is 1. The topological polar surface area (TPSA) is 76.3 Å². The average Bonchev–Trinajstić information content (AvgIpc) is 3.41. The maximum absolute atomic E-state index is 13.5. The van der Waals surface area contributed by atoms with Crippen LogP contribution in [0.1, 0.15) is 16.9 Å². The molecule has 0 N–H and O–H groups in total. The molecular formula is C22H18ClN3O3S2. The molecule has 4 aromatic rings. The van der Waals surface area contributed by atoms with E-state index >= 15 is 0 Å².